The van der Waals surface area contributed by atoms with Crippen LogP contribution in [0.5, 0.6) is 0 Å². The first-order chi connectivity index (χ1) is 13.0. The molecule has 0 saturated heterocycles. The van der Waals surface area contributed by atoms with Gasteiger partial charge in [0.25, 0.3) is 5.69 Å². The Labute approximate surface area is 155 Å². The van der Waals surface area contributed by atoms with E-state index in [1.807, 2.05) is 6.07 Å². The number of methoxy groups -OCH3 is 1. The highest BCUT2D eigenvalue weighted by Gasteiger charge is 2.39. The zero-order valence-electron chi connectivity index (χ0n) is 14.7. The van der Waals surface area contributed by atoms with Gasteiger partial charge in [-0.05, 0) is 25.1 Å². The third-order valence-corrected chi connectivity index (χ3v) is 4.35. The van der Waals surface area contributed by atoms with Crippen molar-refractivity contribution < 1.29 is 19.2 Å². The van der Waals surface area contributed by atoms with Crippen LogP contribution in [0.15, 0.2) is 65.9 Å². The minimum atomic E-state index is -0.994. The van der Waals surface area contributed by atoms with E-state index >= 15 is 0 Å². The fourth-order valence-electron chi connectivity index (χ4n) is 3.14. The summed E-state index contributed by atoms with van der Waals surface area (Å²) >= 11 is 0. The van der Waals surface area contributed by atoms with Crippen LogP contribution in [0.25, 0.3) is 0 Å². The molecule has 0 spiro atoms. The second-order valence-electron chi connectivity index (χ2n) is 5.86. The van der Waals surface area contributed by atoms with E-state index in [0.717, 1.165) is 0 Å². The van der Waals surface area contributed by atoms with E-state index in [0.29, 0.717) is 11.4 Å². The average molecular weight is 367 g/mol. The molecule has 1 aliphatic rings. The maximum Gasteiger partial charge on any atom is 0.337 e. The van der Waals surface area contributed by atoms with E-state index in [1.54, 1.807) is 37.3 Å². The first-order valence-corrected chi connectivity index (χ1v) is 8.13. The number of nitrogens with one attached hydrogen (secondary N) is 1. The quantitative estimate of drug-likeness (QED) is 0.507. The summed E-state index contributed by atoms with van der Waals surface area (Å²) in [7, 11) is 1.22. The number of rotatable bonds is 4. The lowest BCUT2D eigenvalue weighted by molar-refractivity contribution is -0.385. The Hall–Kier alpha value is -3.68. The number of nitro groups is 1. The summed E-state index contributed by atoms with van der Waals surface area (Å²) < 4.78 is 4.89. The molecule has 3 rings (SSSR count). The van der Waals surface area contributed by atoms with Gasteiger partial charge >= 0.3 is 12.0 Å². The lowest BCUT2D eigenvalue weighted by atomic mass is 9.93. The van der Waals surface area contributed by atoms with Gasteiger partial charge in [0.15, 0.2) is 0 Å². The molecular weight excluding hydrogens is 350 g/mol. The highest BCUT2D eigenvalue weighted by molar-refractivity contribution is 6.03. The number of benzene rings is 2. The van der Waals surface area contributed by atoms with Crippen LogP contribution in [-0.4, -0.2) is 24.0 Å². The van der Waals surface area contributed by atoms with E-state index in [2.05, 4.69) is 5.32 Å². The molecule has 1 atom stereocenters. The maximum atomic E-state index is 12.8. The fraction of sp³-hybridized carbons (Fsp3) is 0.158. The summed E-state index contributed by atoms with van der Waals surface area (Å²) in [4.78, 5) is 37.5. The monoisotopic (exact) mass is 367 g/mol. The van der Waals surface area contributed by atoms with Gasteiger partial charge in [-0.25, -0.2) is 9.59 Å². The molecule has 1 N–H and O–H groups in total. The number of para-hydroxylation sites is 2. The maximum absolute atomic E-state index is 12.8. The average Bonchev–Trinajstić information content (AvgIpc) is 2.67. The van der Waals surface area contributed by atoms with Crippen molar-refractivity contribution in [2.45, 2.75) is 13.0 Å². The second kappa shape index (κ2) is 7.28. The Morgan fingerprint density at radius 3 is 2.41 bits per heavy atom. The molecule has 1 heterocycles. The number of urea groups is 1. The summed E-state index contributed by atoms with van der Waals surface area (Å²) in [5.41, 5.74) is 1.07. The molecule has 2 aromatic carbocycles. The summed E-state index contributed by atoms with van der Waals surface area (Å²) in [5.74, 6) is -0.670. The topological polar surface area (TPSA) is 102 Å². The Kier molecular flexibility index (Phi) is 4.89. The van der Waals surface area contributed by atoms with Crippen molar-refractivity contribution >= 4 is 23.4 Å². The first-order valence-electron chi connectivity index (χ1n) is 8.13. The van der Waals surface area contributed by atoms with E-state index in [-0.39, 0.29) is 16.8 Å². The smallest absolute Gasteiger partial charge is 0.337 e. The molecule has 27 heavy (non-hydrogen) atoms. The van der Waals surface area contributed by atoms with Gasteiger partial charge in [0.2, 0.25) is 0 Å². The highest BCUT2D eigenvalue weighted by Crippen LogP contribution is 2.37. The Morgan fingerprint density at radius 1 is 1.15 bits per heavy atom. The molecule has 2 aromatic rings. The number of carbonyl (C=O) groups excluding carboxylic acids is 2. The third-order valence-electron chi connectivity index (χ3n) is 4.35. The molecule has 0 bridgehead atoms. The van der Waals surface area contributed by atoms with Gasteiger partial charge in [-0.1, -0.05) is 30.3 Å². The number of amides is 2. The molecule has 2 amide bonds. The molecule has 1 aliphatic heterocycles. The summed E-state index contributed by atoms with van der Waals surface area (Å²) in [5, 5.41) is 14.1. The number of hydrogen-bond donors (Lipinski definition) is 1. The lowest BCUT2D eigenvalue weighted by Gasteiger charge is -2.35. The van der Waals surface area contributed by atoms with Gasteiger partial charge in [-0.2, -0.15) is 0 Å². The Morgan fingerprint density at radius 2 is 1.78 bits per heavy atom. The van der Waals surface area contributed by atoms with Crippen LogP contribution >= 0.6 is 0 Å². The highest BCUT2D eigenvalue weighted by atomic mass is 16.6. The molecule has 0 aliphatic carbocycles. The summed E-state index contributed by atoms with van der Waals surface area (Å²) in [6.45, 7) is 1.61. The van der Waals surface area contributed by atoms with E-state index < -0.39 is 23.0 Å². The number of nitrogens with zero attached hydrogens (tertiary/aromatic N) is 2. The molecule has 0 saturated carbocycles. The van der Waals surface area contributed by atoms with Crippen molar-refractivity contribution in [3.8, 4) is 0 Å². The molecular formula is C19H17N3O5. The van der Waals surface area contributed by atoms with Crippen LogP contribution in [0.4, 0.5) is 16.2 Å². The predicted octanol–water partition coefficient (Wildman–Crippen LogP) is 3.31. The third kappa shape index (κ3) is 3.24. The van der Waals surface area contributed by atoms with Gasteiger partial charge in [0.05, 0.1) is 34.9 Å². The molecule has 8 heteroatoms. The van der Waals surface area contributed by atoms with Crippen molar-refractivity contribution in [3.63, 3.8) is 0 Å². The largest absolute Gasteiger partial charge is 0.466 e. The summed E-state index contributed by atoms with van der Waals surface area (Å²) in [6, 6.07) is 13.3. The van der Waals surface area contributed by atoms with Gasteiger partial charge in [0.1, 0.15) is 0 Å². The van der Waals surface area contributed by atoms with Crippen molar-refractivity contribution in [1.29, 1.82) is 0 Å². The molecule has 0 fully saturated rings. The minimum absolute atomic E-state index is 0.134. The SMILES string of the molecule is COC(=O)C1=C(C)N(c2ccccc2)C(=O)N[C@@H]1c1ccccc1[N+](=O)[O-]. The van der Waals surface area contributed by atoms with Crippen LogP contribution in [-0.2, 0) is 9.53 Å². The van der Waals surface area contributed by atoms with Crippen LogP contribution in [0.2, 0.25) is 0 Å². The molecule has 0 radical (unpaired) electrons. The van der Waals surface area contributed by atoms with Crippen molar-refractivity contribution in [2.24, 2.45) is 0 Å². The first kappa shape index (κ1) is 18.1. The minimum Gasteiger partial charge on any atom is -0.466 e. The number of carbonyl (C=O) groups is 2. The van der Waals surface area contributed by atoms with Crippen molar-refractivity contribution in [1.82, 2.24) is 5.32 Å². The van der Waals surface area contributed by atoms with Gasteiger partial charge < -0.3 is 10.1 Å². The van der Waals surface area contributed by atoms with E-state index in [9.17, 15) is 19.7 Å². The van der Waals surface area contributed by atoms with Gasteiger partial charge in [-0.15, -0.1) is 0 Å². The normalized spacial score (nSPS) is 16.7. The molecule has 0 unspecified atom stereocenters. The van der Waals surface area contributed by atoms with Crippen LogP contribution in [0.3, 0.4) is 0 Å². The van der Waals surface area contributed by atoms with Crippen LogP contribution in [0.1, 0.15) is 18.5 Å². The number of allylic oxidation sites excluding steroid dienone is 1. The molecule has 0 aromatic heterocycles. The fourth-order valence-corrected chi connectivity index (χ4v) is 3.14. The zero-order valence-corrected chi connectivity index (χ0v) is 14.7. The number of hydrogen-bond acceptors (Lipinski definition) is 5. The Bertz CT molecular complexity index is 939. The second-order valence-corrected chi connectivity index (χ2v) is 5.86. The number of nitro benzene ring substituents is 1. The number of anilines is 1. The number of esters is 1. The van der Waals surface area contributed by atoms with Crippen LogP contribution in [0, 0.1) is 10.1 Å². The Balaban J connectivity index is 2.20. The lowest BCUT2D eigenvalue weighted by Crippen LogP contribution is -2.48. The van der Waals surface area contributed by atoms with Crippen molar-refractivity contribution in [3.05, 3.63) is 81.5 Å². The number of ether oxygens (including phenoxy) is 1. The standard InChI is InChI=1S/C19H17N3O5/c1-12-16(18(23)27-2)17(14-10-6-7-11-15(14)22(25)26)20-19(24)21(12)13-8-4-3-5-9-13/h3-11,17H,1-2H3,(H,20,24)/t17-/m1/s1. The predicted molar refractivity (Wildman–Crippen MR) is 98.0 cm³/mol. The zero-order chi connectivity index (χ0) is 19.6. The van der Waals surface area contributed by atoms with Gasteiger partial charge in [-0.3, -0.25) is 15.0 Å². The summed E-state index contributed by atoms with van der Waals surface area (Å²) in [6.07, 6.45) is 0. The molecule has 138 valence electrons. The molecule has 8 nitrogen and oxygen atoms in total. The van der Waals surface area contributed by atoms with Gasteiger partial charge in [0, 0.05) is 11.8 Å². The van der Waals surface area contributed by atoms with Crippen molar-refractivity contribution in [2.75, 3.05) is 12.0 Å². The van der Waals surface area contributed by atoms with E-state index in [4.69, 9.17) is 4.74 Å². The van der Waals surface area contributed by atoms with E-state index in [1.165, 1.54) is 30.2 Å². The van der Waals surface area contributed by atoms with Crippen LogP contribution < -0.4 is 10.2 Å².